The predicted octanol–water partition coefficient (Wildman–Crippen LogP) is 4.08. The van der Waals surface area contributed by atoms with Gasteiger partial charge in [0.25, 0.3) is 5.91 Å². The number of ether oxygens (including phenoxy) is 1. The molecule has 176 valence electrons. The highest BCUT2D eigenvalue weighted by atomic mass is 32.1. The van der Waals surface area contributed by atoms with Crippen molar-refractivity contribution in [1.29, 1.82) is 0 Å². The summed E-state index contributed by atoms with van der Waals surface area (Å²) in [6.45, 7) is 3.71. The molecule has 0 radical (unpaired) electrons. The van der Waals surface area contributed by atoms with Crippen LogP contribution in [0.4, 0.5) is 4.79 Å². The fourth-order valence-corrected chi connectivity index (χ4v) is 4.97. The molecule has 0 fully saturated rings. The molecular weight excluding hydrogens is 454 g/mol. The van der Waals surface area contributed by atoms with E-state index in [0.29, 0.717) is 9.88 Å². The van der Waals surface area contributed by atoms with Crippen molar-refractivity contribution in [3.8, 4) is 11.1 Å². The largest absolute Gasteiger partial charge is 0.480 e. The average Bonchev–Trinajstić information content (AvgIpc) is 3.37. The van der Waals surface area contributed by atoms with Crippen molar-refractivity contribution in [1.82, 2.24) is 15.6 Å². The van der Waals surface area contributed by atoms with E-state index in [0.717, 1.165) is 22.3 Å². The molecule has 0 aliphatic heterocycles. The van der Waals surface area contributed by atoms with Gasteiger partial charge in [-0.3, -0.25) is 4.79 Å². The second-order valence-electron chi connectivity index (χ2n) is 7.96. The number of alkyl carbamates (subject to hydrolysis) is 1. The van der Waals surface area contributed by atoms with Crippen molar-refractivity contribution >= 4 is 29.3 Å². The summed E-state index contributed by atoms with van der Waals surface area (Å²) in [5.74, 6) is -1.67. The Morgan fingerprint density at radius 1 is 1.09 bits per heavy atom. The van der Waals surface area contributed by atoms with E-state index < -0.39 is 24.0 Å². The van der Waals surface area contributed by atoms with E-state index in [4.69, 9.17) is 9.84 Å². The maximum atomic E-state index is 12.4. The Morgan fingerprint density at radius 3 is 2.29 bits per heavy atom. The van der Waals surface area contributed by atoms with Crippen LogP contribution >= 0.6 is 11.3 Å². The van der Waals surface area contributed by atoms with Gasteiger partial charge in [-0.25, -0.2) is 14.6 Å². The molecule has 3 N–H and O–H groups in total. The third kappa shape index (κ3) is 4.79. The maximum Gasteiger partial charge on any atom is 0.407 e. The molecule has 1 aliphatic rings. The van der Waals surface area contributed by atoms with E-state index in [1.807, 2.05) is 24.3 Å². The van der Waals surface area contributed by atoms with Crippen molar-refractivity contribution < 1.29 is 24.2 Å². The molecule has 0 spiro atoms. The molecule has 0 unspecified atom stereocenters. The highest BCUT2D eigenvalue weighted by molar-refractivity contribution is 7.11. The van der Waals surface area contributed by atoms with Gasteiger partial charge in [0.15, 0.2) is 0 Å². The van der Waals surface area contributed by atoms with Crippen molar-refractivity contribution in [3.05, 3.63) is 75.2 Å². The number of aliphatic carboxylic acids is 1. The van der Waals surface area contributed by atoms with Crippen LogP contribution in [0.1, 0.15) is 50.8 Å². The summed E-state index contributed by atoms with van der Waals surface area (Å²) >= 11 is 1.26. The lowest BCUT2D eigenvalue weighted by Crippen LogP contribution is -2.40. The molecule has 1 heterocycles. The minimum atomic E-state index is -1.10. The molecule has 2 amide bonds. The lowest BCUT2D eigenvalue weighted by Gasteiger charge is -2.14. The number of nitrogens with zero attached hydrogens (tertiary/aromatic N) is 1. The van der Waals surface area contributed by atoms with Gasteiger partial charge in [-0.1, -0.05) is 55.5 Å². The van der Waals surface area contributed by atoms with Crippen LogP contribution in [0.15, 0.2) is 48.5 Å². The van der Waals surface area contributed by atoms with Crippen LogP contribution in [0.5, 0.6) is 0 Å². The zero-order valence-electron chi connectivity index (χ0n) is 18.8. The van der Waals surface area contributed by atoms with Crippen molar-refractivity contribution in [2.24, 2.45) is 0 Å². The molecule has 1 atom stereocenters. The summed E-state index contributed by atoms with van der Waals surface area (Å²) < 4.78 is 5.52. The third-order valence-corrected chi connectivity index (χ3v) is 6.77. The monoisotopic (exact) mass is 479 g/mol. The van der Waals surface area contributed by atoms with Gasteiger partial charge >= 0.3 is 12.1 Å². The number of hydrogen-bond donors (Lipinski definition) is 3. The summed E-state index contributed by atoms with van der Waals surface area (Å²) in [6, 6.07) is 15.2. The van der Waals surface area contributed by atoms with E-state index in [1.165, 1.54) is 11.3 Å². The maximum absolute atomic E-state index is 12.4. The third-order valence-electron chi connectivity index (χ3n) is 5.80. The zero-order valence-corrected chi connectivity index (χ0v) is 19.6. The van der Waals surface area contributed by atoms with Gasteiger partial charge in [-0.2, -0.15) is 0 Å². The van der Waals surface area contributed by atoms with Crippen molar-refractivity contribution in [3.63, 3.8) is 0 Å². The fourth-order valence-electron chi connectivity index (χ4n) is 4.10. The molecule has 2 aromatic carbocycles. The van der Waals surface area contributed by atoms with Crippen LogP contribution < -0.4 is 10.6 Å². The molecule has 0 bridgehead atoms. The number of thiazole rings is 1. The molecule has 3 aromatic rings. The number of hydrogen-bond acceptors (Lipinski definition) is 6. The normalized spacial score (nSPS) is 13.0. The fraction of sp³-hybridized carbons (Fsp3) is 0.280. The summed E-state index contributed by atoms with van der Waals surface area (Å²) in [4.78, 5) is 40.9. The highest BCUT2D eigenvalue weighted by Crippen LogP contribution is 2.44. The number of carbonyl (C=O) groups is 3. The smallest absolute Gasteiger partial charge is 0.407 e. The molecular formula is C25H25N3O5S. The molecule has 1 aliphatic carbocycles. The van der Waals surface area contributed by atoms with Crippen LogP contribution in [0.3, 0.4) is 0 Å². The van der Waals surface area contributed by atoms with Crippen LogP contribution in [0.25, 0.3) is 11.1 Å². The lowest BCUT2D eigenvalue weighted by atomic mass is 9.98. The van der Waals surface area contributed by atoms with Crippen molar-refractivity contribution in [2.45, 2.75) is 38.8 Å². The average molecular weight is 480 g/mol. The summed E-state index contributed by atoms with van der Waals surface area (Å²) in [5.41, 5.74) is 4.74. The van der Waals surface area contributed by atoms with Gasteiger partial charge in [-0.05, 0) is 35.6 Å². The molecule has 9 heteroatoms. The lowest BCUT2D eigenvalue weighted by molar-refractivity contribution is -0.139. The number of carboxylic acids is 1. The number of amides is 2. The second-order valence-corrected chi connectivity index (χ2v) is 9.25. The minimum absolute atomic E-state index is 0.0312. The Bertz CT molecular complexity index is 1190. The first-order valence-electron chi connectivity index (χ1n) is 11.0. The van der Waals surface area contributed by atoms with Gasteiger partial charge in [-0.15, -0.1) is 11.3 Å². The van der Waals surface area contributed by atoms with E-state index in [9.17, 15) is 14.4 Å². The van der Waals surface area contributed by atoms with E-state index in [-0.39, 0.29) is 31.2 Å². The molecule has 8 nitrogen and oxygen atoms in total. The first kappa shape index (κ1) is 23.4. The van der Waals surface area contributed by atoms with Gasteiger partial charge in [0, 0.05) is 10.8 Å². The van der Waals surface area contributed by atoms with Crippen LogP contribution in [-0.4, -0.2) is 40.7 Å². The van der Waals surface area contributed by atoms with E-state index >= 15 is 0 Å². The Hall–Kier alpha value is -3.72. The Morgan fingerprint density at radius 2 is 1.71 bits per heavy atom. The molecule has 1 aromatic heterocycles. The van der Waals surface area contributed by atoms with Crippen LogP contribution in [0.2, 0.25) is 0 Å². The van der Waals surface area contributed by atoms with Crippen LogP contribution in [-0.2, 0) is 16.1 Å². The summed E-state index contributed by atoms with van der Waals surface area (Å²) in [5, 5.41) is 14.8. The van der Waals surface area contributed by atoms with Gasteiger partial charge in [0.05, 0.1) is 6.54 Å². The summed E-state index contributed by atoms with van der Waals surface area (Å²) in [7, 11) is 0. The number of fused-ring (bicyclic) bond motifs is 3. The first-order valence-corrected chi connectivity index (χ1v) is 11.8. The number of aryl methyl sites for hydroxylation is 1. The van der Waals surface area contributed by atoms with Gasteiger partial charge in [0.1, 0.15) is 23.4 Å². The van der Waals surface area contributed by atoms with Gasteiger partial charge < -0.3 is 20.5 Å². The second kappa shape index (κ2) is 10.0. The van der Waals surface area contributed by atoms with E-state index in [1.54, 1.807) is 13.8 Å². The molecule has 4 rings (SSSR count). The number of carboxylic acid groups (broad SMARTS) is 1. The SMILES string of the molecule is CC[C@@H](NC(=O)c1nc(CNC(=O)OCC2c3ccccc3-c3ccccc32)sc1C)C(=O)O. The number of rotatable bonds is 8. The summed E-state index contributed by atoms with van der Waals surface area (Å²) in [6.07, 6.45) is -0.307. The van der Waals surface area contributed by atoms with Crippen LogP contribution in [0, 0.1) is 6.92 Å². The Labute approximate surface area is 201 Å². The van der Waals surface area contributed by atoms with E-state index in [2.05, 4.69) is 39.9 Å². The number of carbonyl (C=O) groups excluding carboxylic acids is 2. The molecule has 0 saturated heterocycles. The first-order chi connectivity index (χ1) is 16.4. The zero-order chi connectivity index (χ0) is 24.2. The topological polar surface area (TPSA) is 118 Å². The standard InChI is InChI=1S/C25H25N3O5S/c1-3-20(24(30)31)27-23(29)22-14(2)34-21(28-22)12-26-25(32)33-13-19-17-10-6-4-8-15(17)16-9-5-7-11-18(16)19/h4-11,19-20H,3,12-13H2,1-2H3,(H,26,32)(H,27,29)(H,30,31)/t20-/m1/s1. The Kier molecular flexibility index (Phi) is 6.93. The quantitative estimate of drug-likeness (QED) is 0.448. The van der Waals surface area contributed by atoms with Gasteiger partial charge in [0.2, 0.25) is 0 Å². The van der Waals surface area contributed by atoms with Crippen molar-refractivity contribution in [2.75, 3.05) is 6.61 Å². The molecule has 34 heavy (non-hydrogen) atoms. The predicted molar refractivity (Wildman–Crippen MR) is 128 cm³/mol. The molecule has 0 saturated carbocycles. The number of nitrogens with one attached hydrogen (secondary N) is 2. The Balaban J connectivity index is 1.34. The number of benzene rings is 2. The number of aromatic nitrogens is 1. The highest BCUT2D eigenvalue weighted by Gasteiger charge is 2.29. The minimum Gasteiger partial charge on any atom is -0.480 e.